The summed E-state index contributed by atoms with van der Waals surface area (Å²) in [5, 5.41) is 9.35. The van der Waals surface area contributed by atoms with Crippen molar-refractivity contribution in [2.75, 3.05) is 0 Å². The number of carboxylic acids is 1. The van der Waals surface area contributed by atoms with Crippen LogP contribution in [0.4, 0.5) is 0 Å². The van der Waals surface area contributed by atoms with Crippen LogP contribution in [0, 0.1) is 0 Å². The van der Waals surface area contributed by atoms with Gasteiger partial charge in [-0.15, -0.1) is 11.8 Å². The second kappa shape index (κ2) is 5.17. The zero-order chi connectivity index (χ0) is 14.1. The van der Waals surface area contributed by atoms with Crippen molar-refractivity contribution < 1.29 is 9.90 Å². The van der Waals surface area contributed by atoms with Gasteiger partial charge in [0.25, 0.3) is 0 Å². The van der Waals surface area contributed by atoms with Crippen LogP contribution >= 0.6 is 11.8 Å². The Morgan fingerprint density at radius 2 is 2.15 bits per heavy atom. The molecule has 0 amide bonds. The Morgan fingerprint density at radius 3 is 2.90 bits per heavy atom. The molecule has 20 heavy (non-hydrogen) atoms. The Balaban J connectivity index is 1.79. The number of hydrogen-bond acceptors (Lipinski definition) is 3. The number of carbonyl (C=O) groups is 1. The SMILES string of the molecule is O=C(O)c1cn(CC2Cc3ccccc3S2)ccc1=O. The minimum atomic E-state index is -1.17. The van der Waals surface area contributed by atoms with Crippen LogP contribution in [-0.4, -0.2) is 20.9 Å². The normalized spacial score (nSPS) is 16.9. The predicted molar refractivity (Wildman–Crippen MR) is 77.5 cm³/mol. The number of fused-ring (bicyclic) bond motifs is 1. The first kappa shape index (κ1) is 13.0. The molecule has 102 valence electrons. The third-order valence-electron chi connectivity index (χ3n) is 3.34. The maximum atomic E-state index is 11.4. The minimum Gasteiger partial charge on any atom is -0.477 e. The van der Waals surface area contributed by atoms with Crippen LogP contribution in [0.2, 0.25) is 0 Å². The van der Waals surface area contributed by atoms with Crippen molar-refractivity contribution in [1.29, 1.82) is 0 Å². The Labute approximate surface area is 120 Å². The summed E-state index contributed by atoms with van der Waals surface area (Å²) < 4.78 is 1.79. The molecule has 0 fully saturated rings. The predicted octanol–water partition coefficient (Wildman–Crippen LogP) is 2.26. The van der Waals surface area contributed by atoms with Gasteiger partial charge < -0.3 is 9.67 Å². The number of nitrogens with zero attached hydrogens (tertiary/aromatic N) is 1. The van der Waals surface area contributed by atoms with E-state index in [4.69, 9.17) is 5.11 Å². The van der Waals surface area contributed by atoms with E-state index in [1.54, 1.807) is 22.5 Å². The number of carboxylic acid groups (broad SMARTS) is 1. The maximum Gasteiger partial charge on any atom is 0.341 e. The first-order valence-corrected chi connectivity index (χ1v) is 7.19. The van der Waals surface area contributed by atoms with Gasteiger partial charge >= 0.3 is 5.97 Å². The van der Waals surface area contributed by atoms with Gasteiger partial charge in [0.05, 0.1) is 0 Å². The van der Waals surface area contributed by atoms with Crippen LogP contribution in [0.25, 0.3) is 0 Å². The molecule has 5 heteroatoms. The molecule has 1 aromatic carbocycles. The standard InChI is InChI=1S/C15H13NO3S/c17-13-5-6-16(9-12(13)15(18)19)8-11-7-10-3-1-2-4-14(10)20-11/h1-6,9,11H,7-8H2,(H,18,19). The number of thioether (sulfide) groups is 1. The molecule has 0 aliphatic carbocycles. The van der Waals surface area contributed by atoms with Gasteiger partial charge in [0.1, 0.15) is 5.56 Å². The van der Waals surface area contributed by atoms with Gasteiger partial charge in [0.15, 0.2) is 5.43 Å². The lowest BCUT2D eigenvalue weighted by molar-refractivity contribution is 0.0694. The highest BCUT2D eigenvalue weighted by Crippen LogP contribution is 2.37. The van der Waals surface area contributed by atoms with E-state index in [9.17, 15) is 9.59 Å². The van der Waals surface area contributed by atoms with Gasteiger partial charge in [-0.1, -0.05) is 18.2 Å². The number of benzene rings is 1. The lowest BCUT2D eigenvalue weighted by Gasteiger charge is -2.12. The van der Waals surface area contributed by atoms with Crippen LogP contribution in [0.5, 0.6) is 0 Å². The lowest BCUT2D eigenvalue weighted by atomic mass is 10.1. The highest BCUT2D eigenvalue weighted by atomic mass is 32.2. The van der Waals surface area contributed by atoms with Gasteiger partial charge in [-0.25, -0.2) is 4.79 Å². The van der Waals surface area contributed by atoms with Crippen molar-refractivity contribution in [3.63, 3.8) is 0 Å². The molecule has 4 nitrogen and oxygen atoms in total. The number of rotatable bonds is 3. The Kier molecular flexibility index (Phi) is 3.36. The van der Waals surface area contributed by atoms with E-state index in [1.807, 2.05) is 12.1 Å². The Morgan fingerprint density at radius 1 is 1.35 bits per heavy atom. The Bertz CT molecular complexity index is 698. The summed E-state index contributed by atoms with van der Waals surface area (Å²) in [6.45, 7) is 0.694. The van der Waals surface area contributed by atoms with Gasteiger partial charge in [0.2, 0.25) is 0 Å². The fraction of sp³-hybridized carbons (Fsp3) is 0.200. The second-order valence-electron chi connectivity index (χ2n) is 4.78. The van der Waals surface area contributed by atoms with E-state index < -0.39 is 11.4 Å². The van der Waals surface area contributed by atoms with Crippen LogP contribution in [0.1, 0.15) is 15.9 Å². The number of hydrogen-bond donors (Lipinski definition) is 1. The average Bonchev–Trinajstić information content (AvgIpc) is 2.82. The van der Waals surface area contributed by atoms with Crippen molar-refractivity contribution in [3.05, 3.63) is 64.1 Å². The van der Waals surface area contributed by atoms with E-state index in [1.165, 1.54) is 22.7 Å². The smallest absolute Gasteiger partial charge is 0.341 e. The molecule has 1 atom stereocenters. The van der Waals surface area contributed by atoms with E-state index >= 15 is 0 Å². The summed E-state index contributed by atoms with van der Waals surface area (Å²) in [7, 11) is 0. The summed E-state index contributed by atoms with van der Waals surface area (Å²) in [6.07, 6.45) is 4.04. The molecule has 3 rings (SSSR count). The summed E-state index contributed by atoms with van der Waals surface area (Å²) in [4.78, 5) is 23.7. The van der Waals surface area contributed by atoms with Crippen molar-refractivity contribution in [1.82, 2.24) is 4.57 Å². The number of aromatic carboxylic acids is 1. The quantitative estimate of drug-likeness (QED) is 0.940. The molecule has 0 spiro atoms. The van der Waals surface area contributed by atoms with Crippen molar-refractivity contribution in [3.8, 4) is 0 Å². The van der Waals surface area contributed by atoms with Crippen molar-refractivity contribution in [2.45, 2.75) is 23.1 Å². The average molecular weight is 287 g/mol. The molecule has 1 aromatic heterocycles. The molecule has 0 saturated heterocycles. The van der Waals surface area contributed by atoms with Crippen LogP contribution < -0.4 is 5.43 Å². The van der Waals surface area contributed by atoms with Gasteiger partial charge in [-0.2, -0.15) is 0 Å². The first-order chi connectivity index (χ1) is 9.63. The molecule has 0 radical (unpaired) electrons. The minimum absolute atomic E-state index is 0.173. The monoisotopic (exact) mass is 287 g/mol. The fourth-order valence-electron chi connectivity index (χ4n) is 2.39. The third-order valence-corrected chi connectivity index (χ3v) is 4.64. The van der Waals surface area contributed by atoms with E-state index in [-0.39, 0.29) is 5.56 Å². The van der Waals surface area contributed by atoms with Gasteiger partial charge in [-0.05, 0) is 18.1 Å². The molecule has 1 unspecified atom stereocenters. The summed E-state index contributed by atoms with van der Waals surface area (Å²) in [5.74, 6) is -1.17. The third kappa shape index (κ3) is 2.49. The molecular weight excluding hydrogens is 274 g/mol. The molecule has 1 N–H and O–H groups in total. The van der Waals surface area contributed by atoms with Crippen molar-refractivity contribution in [2.24, 2.45) is 0 Å². The van der Waals surface area contributed by atoms with Gasteiger partial charge in [0, 0.05) is 35.2 Å². The zero-order valence-electron chi connectivity index (χ0n) is 10.7. The summed E-state index contributed by atoms with van der Waals surface area (Å²) in [5.41, 5.74) is 0.714. The molecule has 1 aliphatic rings. The highest BCUT2D eigenvalue weighted by molar-refractivity contribution is 8.00. The molecule has 2 heterocycles. The Hall–Kier alpha value is -2.01. The zero-order valence-corrected chi connectivity index (χ0v) is 11.5. The van der Waals surface area contributed by atoms with Gasteiger partial charge in [-0.3, -0.25) is 4.79 Å². The highest BCUT2D eigenvalue weighted by Gasteiger charge is 2.22. The molecule has 1 aliphatic heterocycles. The molecule has 0 saturated carbocycles. The fourth-order valence-corrected chi connectivity index (χ4v) is 3.72. The number of pyridine rings is 1. The van der Waals surface area contributed by atoms with Crippen LogP contribution in [-0.2, 0) is 13.0 Å². The van der Waals surface area contributed by atoms with Crippen LogP contribution in [0.15, 0.2) is 52.4 Å². The van der Waals surface area contributed by atoms with E-state index in [0.29, 0.717) is 11.8 Å². The summed E-state index contributed by atoms with van der Waals surface area (Å²) >= 11 is 1.80. The number of aromatic nitrogens is 1. The van der Waals surface area contributed by atoms with Crippen molar-refractivity contribution >= 4 is 17.7 Å². The molecule has 0 bridgehead atoms. The van der Waals surface area contributed by atoms with Crippen LogP contribution in [0.3, 0.4) is 0 Å². The first-order valence-electron chi connectivity index (χ1n) is 6.31. The second-order valence-corrected chi connectivity index (χ2v) is 6.12. The topological polar surface area (TPSA) is 59.3 Å². The van der Waals surface area contributed by atoms with E-state index in [2.05, 4.69) is 12.1 Å². The largest absolute Gasteiger partial charge is 0.477 e. The van der Waals surface area contributed by atoms with E-state index in [0.717, 1.165) is 6.42 Å². The maximum absolute atomic E-state index is 11.4. The lowest BCUT2D eigenvalue weighted by Crippen LogP contribution is -2.19. The molecular formula is C15H13NO3S. The summed E-state index contributed by atoms with van der Waals surface area (Å²) in [6, 6.07) is 9.60. The molecule has 2 aromatic rings.